The molecular weight excluding hydrogens is 330 g/mol. The van der Waals surface area contributed by atoms with Crippen molar-refractivity contribution in [3.05, 3.63) is 24.3 Å². The van der Waals surface area contributed by atoms with Gasteiger partial charge < -0.3 is 25.3 Å². The molecule has 0 saturated carbocycles. The van der Waals surface area contributed by atoms with E-state index < -0.39 is 0 Å². The predicted molar refractivity (Wildman–Crippen MR) is 104 cm³/mol. The van der Waals surface area contributed by atoms with E-state index in [-0.39, 0.29) is 18.0 Å². The van der Waals surface area contributed by atoms with Gasteiger partial charge in [-0.2, -0.15) is 0 Å². The van der Waals surface area contributed by atoms with Crippen molar-refractivity contribution < 1.29 is 9.59 Å². The quantitative estimate of drug-likeness (QED) is 0.860. The van der Waals surface area contributed by atoms with Crippen LogP contribution in [0.25, 0.3) is 0 Å². The van der Waals surface area contributed by atoms with Crippen molar-refractivity contribution in [2.75, 3.05) is 56.5 Å². The van der Waals surface area contributed by atoms with Gasteiger partial charge in [-0.3, -0.25) is 4.79 Å². The smallest absolute Gasteiger partial charge is 0.321 e. The number of piperidine rings is 1. The molecule has 1 aromatic carbocycles. The first kappa shape index (κ1) is 18.5. The summed E-state index contributed by atoms with van der Waals surface area (Å²) in [5, 5.41) is 5.90. The Labute approximate surface area is 155 Å². The van der Waals surface area contributed by atoms with Gasteiger partial charge >= 0.3 is 6.03 Å². The Hall–Kier alpha value is -2.28. The third kappa shape index (κ3) is 4.88. The predicted octanol–water partition coefficient (Wildman–Crippen LogP) is 1.57. The van der Waals surface area contributed by atoms with Crippen LogP contribution in [0.2, 0.25) is 0 Å². The molecule has 2 aliphatic rings. The van der Waals surface area contributed by atoms with Crippen molar-refractivity contribution in [3.63, 3.8) is 0 Å². The number of urea groups is 1. The molecule has 0 atom stereocenters. The molecule has 0 radical (unpaired) electrons. The van der Waals surface area contributed by atoms with Gasteiger partial charge in [0.1, 0.15) is 0 Å². The molecule has 2 fully saturated rings. The molecule has 1 aromatic rings. The molecular formula is C19H29N5O2. The highest BCUT2D eigenvalue weighted by Crippen LogP contribution is 2.20. The third-order valence-corrected chi connectivity index (χ3v) is 5.18. The van der Waals surface area contributed by atoms with Gasteiger partial charge in [0.05, 0.1) is 0 Å². The van der Waals surface area contributed by atoms with Crippen LogP contribution >= 0.6 is 0 Å². The number of benzene rings is 1. The van der Waals surface area contributed by atoms with Crippen LogP contribution in [0.1, 0.15) is 19.8 Å². The fourth-order valence-corrected chi connectivity index (χ4v) is 3.54. The van der Waals surface area contributed by atoms with Gasteiger partial charge in [0.2, 0.25) is 5.91 Å². The number of hydrogen-bond acceptors (Lipinski definition) is 4. The standard InChI is InChI=1S/C19H29N5O2/c1-15(25)20-17-7-9-24(10-8-17)19(26)21-16-3-5-18(6-4-16)23-13-11-22(2)12-14-23/h3-6,17H,7-14H2,1-2H3,(H,20,25)(H,21,26). The van der Waals surface area contributed by atoms with Crippen LogP contribution in [0.3, 0.4) is 0 Å². The lowest BCUT2D eigenvalue weighted by molar-refractivity contribution is -0.119. The number of carbonyl (C=O) groups is 2. The van der Waals surface area contributed by atoms with Gasteiger partial charge in [0.15, 0.2) is 0 Å². The van der Waals surface area contributed by atoms with E-state index in [4.69, 9.17) is 0 Å². The second-order valence-electron chi connectivity index (χ2n) is 7.23. The summed E-state index contributed by atoms with van der Waals surface area (Å²) in [5.74, 6) is -0.00617. The lowest BCUT2D eigenvalue weighted by Crippen LogP contribution is -2.47. The van der Waals surface area contributed by atoms with Crippen molar-refractivity contribution in [2.45, 2.75) is 25.8 Å². The maximum absolute atomic E-state index is 12.4. The molecule has 0 unspecified atom stereocenters. The molecule has 3 rings (SSSR count). The van der Waals surface area contributed by atoms with Gasteiger partial charge in [0.25, 0.3) is 0 Å². The Bertz CT molecular complexity index is 617. The lowest BCUT2D eigenvalue weighted by Gasteiger charge is -2.34. The summed E-state index contributed by atoms with van der Waals surface area (Å²) in [6, 6.07) is 8.19. The molecule has 0 aliphatic carbocycles. The molecule has 142 valence electrons. The van der Waals surface area contributed by atoms with Crippen LogP contribution in [0, 0.1) is 0 Å². The molecule has 26 heavy (non-hydrogen) atoms. The van der Waals surface area contributed by atoms with Crippen molar-refractivity contribution in [1.82, 2.24) is 15.1 Å². The average molecular weight is 359 g/mol. The zero-order valence-corrected chi connectivity index (χ0v) is 15.7. The van der Waals surface area contributed by atoms with Crippen LogP contribution < -0.4 is 15.5 Å². The van der Waals surface area contributed by atoms with Gasteiger partial charge in [-0.25, -0.2) is 4.79 Å². The minimum atomic E-state index is -0.0707. The van der Waals surface area contributed by atoms with E-state index in [1.54, 1.807) is 0 Å². The molecule has 7 nitrogen and oxygen atoms in total. The molecule has 7 heteroatoms. The van der Waals surface area contributed by atoms with E-state index in [2.05, 4.69) is 39.6 Å². The minimum absolute atomic E-state index is 0.00617. The summed E-state index contributed by atoms with van der Waals surface area (Å²) in [5.41, 5.74) is 2.02. The first-order valence-corrected chi connectivity index (χ1v) is 9.38. The number of amides is 3. The number of rotatable bonds is 3. The Morgan fingerprint density at radius 3 is 2.15 bits per heavy atom. The SMILES string of the molecule is CC(=O)NC1CCN(C(=O)Nc2ccc(N3CCN(C)CC3)cc2)CC1. The maximum atomic E-state index is 12.4. The maximum Gasteiger partial charge on any atom is 0.321 e. The summed E-state index contributed by atoms with van der Waals surface area (Å²) >= 11 is 0. The summed E-state index contributed by atoms with van der Waals surface area (Å²) in [6.07, 6.45) is 1.60. The summed E-state index contributed by atoms with van der Waals surface area (Å²) in [7, 11) is 2.15. The first-order chi connectivity index (χ1) is 12.5. The topological polar surface area (TPSA) is 67.9 Å². The number of anilines is 2. The lowest BCUT2D eigenvalue weighted by atomic mass is 10.1. The Morgan fingerprint density at radius 1 is 0.962 bits per heavy atom. The summed E-state index contributed by atoms with van der Waals surface area (Å²) < 4.78 is 0. The van der Waals surface area contributed by atoms with Gasteiger partial charge in [-0.15, -0.1) is 0 Å². The molecule has 0 bridgehead atoms. The Kier molecular flexibility index (Phi) is 5.98. The molecule has 3 amide bonds. The number of carbonyl (C=O) groups excluding carboxylic acids is 2. The normalized spacial score (nSPS) is 19.3. The number of likely N-dealkylation sites (N-methyl/N-ethyl adjacent to an activating group) is 1. The van der Waals surface area contributed by atoms with E-state index in [0.717, 1.165) is 44.7 Å². The van der Waals surface area contributed by atoms with Crippen LogP contribution in [0.15, 0.2) is 24.3 Å². The number of likely N-dealkylation sites (tertiary alicyclic amines) is 1. The zero-order chi connectivity index (χ0) is 18.5. The average Bonchev–Trinajstić information content (AvgIpc) is 2.63. The van der Waals surface area contributed by atoms with Crippen LogP contribution in [0.5, 0.6) is 0 Å². The van der Waals surface area contributed by atoms with E-state index in [0.29, 0.717) is 13.1 Å². The third-order valence-electron chi connectivity index (χ3n) is 5.18. The fourth-order valence-electron chi connectivity index (χ4n) is 3.54. The summed E-state index contributed by atoms with van der Waals surface area (Å²) in [4.78, 5) is 30.1. The minimum Gasteiger partial charge on any atom is -0.369 e. The number of piperazine rings is 1. The largest absolute Gasteiger partial charge is 0.369 e. The molecule has 0 spiro atoms. The van der Waals surface area contributed by atoms with Gasteiger partial charge in [0, 0.05) is 63.6 Å². The van der Waals surface area contributed by atoms with Gasteiger partial charge in [-0.05, 0) is 44.2 Å². The van der Waals surface area contributed by atoms with Crippen LogP contribution in [-0.4, -0.2) is 74.1 Å². The second-order valence-corrected chi connectivity index (χ2v) is 7.23. The van der Waals surface area contributed by atoms with E-state index in [1.807, 2.05) is 17.0 Å². The van der Waals surface area contributed by atoms with E-state index in [1.165, 1.54) is 12.6 Å². The zero-order valence-electron chi connectivity index (χ0n) is 15.7. The fraction of sp³-hybridized carbons (Fsp3) is 0.579. The Morgan fingerprint density at radius 2 is 1.58 bits per heavy atom. The number of hydrogen-bond donors (Lipinski definition) is 2. The molecule has 0 aromatic heterocycles. The monoisotopic (exact) mass is 359 g/mol. The van der Waals surface area contributed by atoms with Gasteiger partial charge in [-0.1, -0.05) is 0 Å². The van der Waals surface area contributed by atoms with Crippen molar-refractivity contribution in [2.24, 2.45) is 0 Å². The first-order valence-electron chi connectivity index (χ1n) is 9.38. The van der Waals surface area contributed by atoms with Crippen molar-refractivity contribution in [3.8, 4) is 0 Å². The van der Waals surface area contributed by atoms with E-state index in [9.17, 15) is 9.59 Å². The van der Waals surface area contributed by atoms with E-state index >= 15 is 0 Å². The van der Waals surface area contributed by atoms with Crippen LogP contribution in [0.4, 0.5) is 16.2 Å². The van der Waals surface area contributed by atoms with Crippen molar-refractivity contribution >= 4 is 23.3 Å². The highest BCUT2D eigenvalue weighted by molar-refractivity contribution is 5.89. The molecule has 2 heterocycles. The summed E-state index contributed by atoms with van der Waals surface area (Å²) in [6.45, 7) is 7.08. The Balaban J connectivity index is 1.48. The molecule has 2 saturated heterocycles. The number of nitrogens with zero attached hydrogens (tertiary/aromatic N) is 3. The number of nitrogens with one attached hydrogen (secondary N) is 2. The van der Waals surface area contributed by atoms with Crippen molar-refractivity contribution in [1.29, 1.82) is 0 Å². The second kappa shape index (κ2) is 8.40. The highest BCUT2D eigenvalue weighted by atomic mass is 16.2. The molecule has 2 aliphatic heterocycles. The van der Waals surface area contributed by atoms with Crippen LogP contribution in [-0.2, 0) is 4.79 Å². The highest BCUT2D eigenvalue weighted by Gasteiger charge is 2.23. The molecule has 2 N–H and O–H groups in total.